The SMILES string of the molecule is C=C(O)CC1CCC(c2ccc(-c3ccc4c(C(=O)Nc5ccccc5)cc(C)nc4c3)cc2)CC1. The quantitative estimate of drug-likeness (QED) is 0.276. The molecule has 3 aromatic carbocycles. The highest BCUT2D eigenvalue weighted by molar-refractivity contribution is 6.12. The molecule has 0 radical (unpaired) electrons. The molecule has 182 valence electrons. The van der Waals surface area contributed by atoms with Crippen LogP contribution in [0.25, 0.3) is 22.0 Å². The Morgan fingerprint density at radius 1 is 0.944 bits per heavy atom. The Morgan fingerprint density at radius 2 is 1.64 bits per heavy atom. The van der Waals surface area contributed by atoms with Crippen LogP contribution >= 0.6 is 0 Å². The summed E-state index contributed by atoms with van der Waals surface area (Å²) >= 11 is 0. The van der Waals surface area contributed by atoms with E-state index in [0.717, 1.165) is 65.5 Å². The van der Waals surface area contributed by atoms with E-state index in [9.17, 15) is 9.90 Å². The van der Waals surface area contributed by atoms with E-state index in [1.54, 1.807) is 0 Å². The minimum atomic E-state index is -0.133. The van der Waals surface area contributed by atoms with Gasteiger partial charge in [0.1, 0.15) is 0 Å². The summed E-state index contributed by atoms with van der Waals surface area (Å²) in [6, 6.07) is 26.4. The maximum Gasteiger partial charge on any atom is 0.256 e. The van der Waals surface area contributed by atoms with Crippen LogP contribution in [-0.4, -0.2) is 16.0 Å². The normalized spacial score (nSPS) is 17.6. The second-order valence-electron chi connectivity index (χ2n) is 9.97. The lowest BCUT2D eigenvalue weighted by molar-refractivity contribution is 0.102. The number of para-hydroxylation sites is 1. The van der Waals surface area contributed by atoms with Gasteiger partial charge in [-0.15, -0.1) is 0 Å². The number of anilines is 1. The molecular weight excluding hydrogens is 444 g/mol. The van der Waals surface area contributed by atoms with Gasteiger partial charge in [0.25, 0.3) is 5.91 Å². The van der Waals surface area contributed by atoms with Gasteiger partial charge in [0.15, 0.2) is 0 Å². The first-order chi connectivity index (χ1) is 17.5. The topological polar surface area (TPSA) is 62.2 Å². The number of nitrogens with one attached hydrogen (secondary N) is 1. The zero-order valence-electron chi connectivity index (χ0n) is 20.7. The van der Waals surface area contributed by atoms with Crippen molar-refractivity contribution in [2.24, 2.45) is 5.92 Å². The zero-order chi connectivity index (χ0) is 25.1. The molecule has 0 atom stereocenters. The maximum atomic E-state index is 13.0. The number of carbonyl (C=O) groups excluding carboxylic acids is 1. The van der Waals surface area contributed by atoms with Crippen molar-refractivity contribution in [1.29, 1.82) is 0 Å². The second-order valence-corrected chi connectivity index (χ2v) is 9.97. The molecule has 0 saturated heterocycles. The van der Waals surface area contributed by atoms with Gasteiger partial charge in [0, 0.05) is 23.2 Å². The number of aromatic nitrogens is 1. The number of pyridine rings is 1. The van der Waals surface area contributed by atoms with Crippen molar-refractivity contribution < 1.29 is 9.90 Å². The Bertz CT molecular complexity index is 1390. The fraction of sp³-hybridized carbons (Fsp3) is 0.250. The molecule has 4 aromatic rings. The summed E-state index contributed by atoms with van der Waals surface area (Å²) in [4.78, 5) is 17.8. The molecule has 36 heavy (non-hydrogen) atoms. The second kappa shape index (κ2) is 10.4. The van der Waals surface area contributed by atoms with Gasteiger partial charge in [-0.2, -0.15) is 0 Å². The molecule has 4 nitrogen and oxygen atoms in total. The summed E-state index contributed by atoms with van der Waals surface area (Å²) in [6.45, 7) is 5.57. The third-order valence-corrected chi connectivity index (χ3v) is 7.30. The molecule has 1 fully saturated rings. The summed E-state index contributed by atoms with van der Waals surface area (Å²) in [5.41, 5.74) is 6.65. The summed E-state index contributed by atoms with van der Waals surface area (Å²) in [7, 11) is 0. The van der Waals surface area contributed by atoms with Crippen LogP contribution in [0.15, 0.2) is 91.2 Å². The summed E-state index contributed by atoms with van der Waals surface area (Å²) in [5.74, 6) is 1.32. The van der Waals surface area contributed by atoms with Gasteiger partial charge in [-0.1, -0.05) is 61.2 Å². The van der Waals surface area contributed by atoms with Gasteiger partial charge < -0.3 is 10.4 Å². The highest BCUT2D eigenvalue weighted by atomic mass is 16.3. The van der Waals surface area contributed by atoms with Crippen LogP contribution in [0.1, 0.15) is 59.6 Å². The van der Waals surface area contributed by atoms with Gasteiger partial charge in [-0.05, 0) is 85.4 Å². The first kappa shape index (κ1) is 23.8. The van der Waals surface area contributed by atoms with E-state index in [0.29, 0.717) is 23.2 Å². The average Bonchev–Trinajstić information content (AvgIpc) is 2.88. The molecule has 0 aliphatic heterocycles. The Hall–Kier alpha value is -3.92. The average molecular weight is 477 g/mol. The molecule has 2 N–H and O–H groups in total. The number of hydrogen-bond acceptors (Lipinski definition) is 3. The van der Waals surface area contributed by atoms with E-state index in [-0.39, 0.29) is 5.91 Å². The number of benzene rings is 3. The molecule has 1 aliphatic carbocycles. The first-order valence-corrected chi connectivity index (χ1v) is 12.7. The molecule has 1 saturated carbocycles. The highest BCUT2D eigenvalue weighted by Crippen LogP contribution is 2.38. The molecule has 4 heteroatoms. The lowest BCUT2D eigenvalue weighted by Crippen LogP contribution is -2.13. The minimum Gasteiger partial charge on any atom is -0.513 e. The largest absolute Gasteiger partial charge is 0.513 e. The molecule has 1 amide bonds. The number of carbonyl (C=O) groups is 1. The van der Waals surface area contributed by atoms with Gasteiger partial charge in [-0.3, -0.25) is 9.78 Å². The lowest BCUT2D eigenvalue weighted by atomic mass is 9.77. The maximum absolute atomic E-state index is 13.0. The monoisotopic (exact) mass is 476 g/mol. The van der Waals surface area contributed by atoms with E-state index in [2.05, 4.69) is 48.3 Å². The Kier molecular flexibility index (Phi) is 6.86. The van der Waals surface area contributed by atoms with Crippen LogP contribution in [0.3, 0.4) is 0 Å². The molecule has 5 rings (SSSR count). The van der Waals surface area contributed by atoms with Crippen LogP contribution in [-0.2, 0) is 0 Å². The van der Waals surface area contributed by atoms with Crippen LogP contribution in [0.5, 0.6) is 0 Å². The van der Waals surface area contributed by atoms with Gasteiger partial charge in [0.05, 0.1) is 16.8 Å². The third kappa shape index (κ3) is 5.33. The predicted molar refractivity (Wildman–Crippen MR) is 147 cm³/mol. The van der Waals surface area contributed by atoms with Crippen molar-refractivity contribution in [3.05, 3.63) is 108 Å². The van der Waals surface area contributed by atoms with Crippen LogP contribution < -0.4 is 5.32 Å². The van der Waals surface area contributed by atoms with E-state index < -0.39 is 0 Å². The Morgan fingerprint density at radius 3 is 2.33 bits per heavy atom. The zero-order valence-corrected chi connectivity index (χ0v) is 20.7. The van der Waals surface area contributed by atoms with E-state index in [1.807, 2.05) is 49.4 Å². The molecule has 1 heterocycles. The van der Waals surface area contributed by atoms with Crippen molar-refractivity contribution in [2.45, 2.75) is 44.9 Å². The van der Waals surface area contributed by atoms with E-state index >= 15 is 0 Å². The van der Waals surface area contributed by atoms with Crippen molar-refractivity contribution in [3.63, 3.8) is 0 Å². The molecular formula is C32H32N2O2. The fourth-order valence-electron chi connectivity index (χ4n) is 5.43. The summed E-state index contributed by atoms with van der Waals surface area (Å²) in [5, 5.41) is 13.3. The minimum absolute atomic E-state index is 0.133. The number of amides is 1. The number of aliphatic hydroxyl groups is 1. The summed E-state index contributed by atoms with van der Waals surface area (Å²) < 4.78 is 0. The van der Waals surface area contributed by atoms with Crippen LogP contribution in [0, 0.1) is 12.8 Å². The number of aliphatic hydroxyl groups excluding tert-OH is 1. The van der Waals surface area contributed by atoms with Crippen molar-refractivity contribution >= 4 is 22.5 Å². The van der Waals surface area contributed by atoms with Gasteiger partial charge in [0.2, 0.25) is 0 Å². The van der Waals surface area contributed by atoms with Crippen molar-refractivity contribution in [1.82, 2.24) is 4.98 Å². The molecule has 0 bridgehead atoms. The number of allylic oxidation sites excluding steroid dienone is 1. The predicted octanol–water partition coefficient (Wildman–Crippen LogP) is 8.20. The molecule has 1 aromatic heterocycles. The summed E-state index contributed by atoms with van der Waals surface area (Å²) in [6.07, 6.45) is 5.33. The van der Waals surface area contributed by atoms with Crippen LogP contribution in [0.4, 0.5) is 5.69 Å². The van der Waals surface area contributed by atoms with Gasteiger partial charge >= 0.3 is 0 Å². The Balaban J connectivity index is 1.35. The van der Waals surface area contributed by atoms with E-state index in [4.69, 9.17) is 4.98 Å². The smallest absolute Gasteiger partial charge is 0.256 e. The van der Waals surface area contributed by atoms with Gasteiger partial charge in [-0.25, -0.2) is 0 Å². The van der Waals surface area contributed by atoms with Crippen LogP contribution in [0.2, 0.25) is 0 Å². The number of fused-ring (bicyclic) bond motifs is 1. The molecule has 0 unspecified atom stereocenters. The fourth-order valence-corrected chi connectivity index (χ4v) is 5.43. The molecule has 0 spiro atoms. The van der Waals surface area contributed by atoms with Crippen molar-refractivity contribution in [2.75, 3.05) is 5.32 Å². The molecule has 1 aliphatic rings. The number of aryl methyl sites for hydroxylation is 1. The number of nitrogens with zero attached hydrogens (tertiary/aromatic N) is 1. The van der Waals surface area contributed by atoms with E-state index in [1.165, 1.54) is 5.56 Å². The number of rotatable bonds is 6. The Labute approximate surface area is 212 Å². The first-order valence-electron chi connectivity index (χ1n) is 12.7. The number of hydrogen-bond donors (Lipinski definition) is 2. The standard InChI is InChI=1S/C32H32N2O2/c1-21-18-30(32(36)34-28-6-4-3-5-7-28)29-17-16-27(20-31(29)33-21)26-14-12-25(13-15-26)24-10-8-23(9-11-24)19-22(2)35/h3-7,12-18,20,23-24,35H,2,8-11,19H2,1H3,(H,34,36). The van der Waals surface area contributed by atoms with Crippen molar-refractivity contribution in [3.8, 4) is 11.1 Å². The lowest BCUT2D eigenvalue weighted by Gasteiger charge is -2.28. The third-order valence-electron chi connectivity index (χ3n) is 7.30. The highest BCUT2D eigenvalue weighted by Gasteiger charge is 2.23.